The van der Waals surface area contributed by atoms with Crippen LogP contribution in [-0.4, -0.2) is 32.7 Å². The molecular weight excluding hydrogens is 376 g/mol. The molecule has 0 fully saturated rings. The number of rotatable bonds is 6. The smallest absolute Gasteiger partial charge is 0.239 e. The zero-order valence-corrected chi connectivity index (χ0v) is 17.8. The van der Waals surface area contributed by atoms with Gasteiger partial charge in [0.05, 0.1) is 18.3 Å². The third-order valence-electron chi connectivity index (χ3n) is 5.77. The number of carbonyl (C=O) groups excluding carboxylic acids is 1. The summed E-state index contributed by atoms with van der Waals surface area (Å²) in [6, 6.07) is 12.5. The highest BCUT2D eigenvalue weighted by atomic mass is 16.1. The largest absolute Gasteiger partial charge is 0.376 e. The average molecular weight is 405 g/mol. The molecule has 0 spiro atoms. The lowest BCUT2D eigenvalue weighted by Crippen LogP contribution is -2.32. The van der Waals surface area contributed by atoms with Crippen LogP contribution in [0.25, 0.3) is 5.69 Å². The molecule has 1 aliphatic rings. The van der Waals surface area contributed by atoms with E-state index in [0.29, 0.717) is 5.82 Å². The van der Waals surface area contributed by atoms with Crippen molar-refractivity contribution >= 4 is 11.6 Å². The summed E-state index contributed by atoms with van der Waals surface area (Å²) >= 11 is 0. The Labute approximate surface area is 176 Å². The van der Waals surface area contributed by atoms with Crippen LogP contribution in [0.1, 0.15) is 53.9 Å². The van der Waals surface area contributed by atoms with Gasteiger partial charge < -0.3 is 10.6 Å². The summed E-state index contributed by atoms with van der Waals surface area (Å²) in [5, 5.41) is 18.0. The fourth-order valence-electron chi connectivity index (χ4n) is 3.98. The highest BCUT2D eigenvalue weighted by Crippen LogP contribution is 2.25. The predicted molar refractivity (Wildman–Crippen MR) is 117 cm³/mol. The van der Waals surface area contributed by atoms with E-state index in [9.17, 15) is 4.79 Å². The number of nitrogens with one attached hydrogen (secondary N) is 2. The number of fused-ring (bicyclic) bond motifs is 1. The number of hydrogen-bond acceptors (Lipinski definition) is 5. The van der Waals surface area contributed by atoms with Crippen molar-refractivity contribution in [3.63, 3.8) is 0 Å². The van der Waals surface area contributed by atoms with E-state index >= 15 is 0 Å². The standard InChI is InChI=1S/C23H28N6O/c1-15-8-11-21(13-22(15)29-17(3)26-27-28-29)24-14-23(30)25-16(2)19-10-9-18-6-4-5-7-20(18)12-19/h8-13,16,24H,4-7,14H2,1-3H3,(H,25,30). The van der Waals surface area contributed by atoms with Crippen molar-refractivity contribution in [3.05, 3.63) is 64.5 Å². The maximum Gasteiger partial charge on any atom is 0.239 e. The number of anilines is 1. The van der Waals surface area contributed by atoms with Crippen LogP contribution in [0.15, 0.2) is 36.4 Å². The van der Waals surface area contributed by atoms with E-state index in [0.717, 1.165) is 28.9 Å². The normalized spacial score (nSPS) is 14.1. The molecule has 4 rings (SSSR count). The fraction of sp³-hybridized carbons (Fsp3) is 0.391. The zero-order valence-electron chi connectivity index (χ0n) is 17.8. The van der Waals surface area contributed by atoms with Crippen LogP contribution in [0.2, 0.25) is 0 Å². The molecule has 7 nitrogen and oxygen atoms in total. The number of aryl methyl sites for hydroxylation is 4. The van der Waals surface area contributed by atoms with Gasteiger partial charge in [-0.3, -0.25) is 4.79 Å². The molecular formula is C23H28N6O. The van der Waals surface area contributed by atoms with Crippen molar-refractivity contribution in [2.24, 2.45) is 0 Å². The maximum atomic E-state index is 12.5. The first-order valence-corrected chi connectivity index (χ1v) is 10.5. The molecule has 1 aromatic heterocycles. The van der Waals surface area contributed by atoms with E-state index in [-0.39, 0.29) is 18.5 Å². The molecule has 30 heavy (non-hydrogen) atoms. The summed E-state index contributed by atoms with van der Waals surface area (Å²) < 4.78 is 1.69. The topological polar surface area (TPSA) is 84.7 Å². The molecule has 0 saturated carbocycles. The average Bonchev–Trinajstić information content (AvgIpc) is 3.18. The highest BCUT2D eigenvalue weighted by Gasteiger charge is 2.14. The van der Waals surface area contributed by atoms with Gasteiger partial charge in [0.15, 0.2) is 5.82 Å². The van der Waals surface area contributed by atoms with Crippen LogP contribution in [0.4, 0.5) is 5.69 Å². The van der Waals surface area contributed by atoms with Gasteiger partial charge in [-0.05, 0) is 91.3 Å². The van der Waals surface area contributed by atoms with Crippen LogP contribution in [0.5, 0.6) is 0 Å². The Balaban J connectivity index is 1.37. The molecule has 1 heterocycles. The second-order valence-electron chi connectivity index (χ2n) is 8.02. The van der Waals surface area contributed by atoms with E-state index < -0.39 is 0 Å². The fourth-order valence-corrected chi connectivity index (χ4v) is 3.98. The molecule has 0 aliphatic heterocycles. The van der Waals surface area contributed by atoms with Gasteiger partial charge in [-0.1, -0.05) is 24.3 Å². The lowest BCUT2D eigenvalue weighted by Gasteiger charge is -2.20. The molecule has 1 atom stereocenters. The van der Waals surface area contributed by atoms with Gasteiger partial charge in [-0.2, -0.15) is 4.68 Å². The molecule has 1 aliphatic carbocycles. The van der Waals surface area contributed by atoms with Crippen molar-refractivity contribution in [2.75, 3.05) is 11.9 Å². The number of carbonyl (C=O) groups is 1. The predicted octanol–water partition coefficient (Wildman–Crippen LogP) is 3.45. The zero-order chi connectivity index (χ0) is 21.1. The third-order valence-corrected chi connectivity index (χ3v) is 5.77. The van der Waals surface area contributed by atoms with Gasteiger partial charge in [0, 0.05) is 5.69 Å². The summed E-state index contributed by atoms with van der Waals surface area (Å²) in [7, 11) is 0. The molecule has 2 N–H and O–H groups in total. The van der Waals surface area contributed by atoms with Crippen LogP contribution in [0.3, 0.4) is 0 Å². The summed E-state index contributed by atoms with van der Waals surface area (Å²) in [5.74, 6) is 0.674. The van der Waals surface area contributed by atoms with Crippen molar-refractivity contribution in [1.82, 2.24) is 25.5 Å². The highest BCUT2D eigenvalue weighted by molar-refractivity contribution is 5.81. The van der Waals surface area contributed by atoms with Crippen LogP contribution < -0.4 is 10.6 Å². The molecule has 3 aromatic rings. The molecule has 7 heteroatoms. The SMILES string of the molecule is Cc1ccc(NCC(=O)NC(C)c2ccc3c(c2)CCCC3)cc1-n1nnnc1C. The quantitative estimate of drug-likeness (QED) is 0.657. The number of aromatic nitrogens is 4. The Kier molecular flexibility index (Phi) is 5.79. The second-order valence-corrected chi connectivity index (χ2v) is 8.02. The van der Waals surface area contributed by atoms with E-state index in [1.165, 1.54) is 30.4 Å². The number of benzene rings is 2. The van der Waals surface area contributed by atoms with Gasteiger partial charge >= 0.3 is 0 Å². The van der Waals surface area contributed by atoms with E-state index in [1.54, 1.807) is 4.68 Å². The molecule has 1 unspecified atom stereocenters. The molecule has 2 aromatic carbocycles. The molecule has 156 valence electrons. The molecule has 1 amide bonds. The van der Waals surface area contributed by atoms with Gasteiger partial charge in [0.25, 0.3) is 0 Å². The van der Waals surface area contributed by atoms with Gasteiger partial charge in [0.2, 0.25) is 5.91 Å². The van der Waals surface area contributed by atoms with Crippen molar-refractivity contribution in [2.45, 2.75) is 52.5 Å². The number of tetrazole rings is 1. The maximum absolute atomic E-state index is 12.5. The van der Waals surface area contributed by atoms with E-state index in [4.69, 9.17) is 0 Å². The Morgan fingerprint density at radius 2 is 1.90 bits per heavy atom. The van der Waals surface area contributed by atoms with Crippen molar-refractivity contribution < 1.29 is 4.79 Å². The second kappa shape index (κ2) is 8.65. The molecule has 0 radical (unpaired) electrons. The summed E-state index contributed by atoms with van der Waals surface area (Å²) in [6.07, 6.45) is 4.84. The number of amides is 1. The Morgan fingerprint density at radius 3 is 2.67 bits per heavy atom. The van der Waals surface area contributed by atoms with Gasteiger partial charge in [-0.25, -0.2) is 0 Å². The van der Waals surface area contributed by atoms with E-state index in [2.05, 4.69) is 44.4 Å². The number of hydrogen-bond donors (Lipinski definition) is 2. The first-order chi connectivity index (χ1) is 14.5. The van der Waals surface area contributed by atoms with Crippen molar-refractivity contribution in [1.29, 1.82) is 0 Å². The lowest BCUT2D eigenvalue weighted by molar-refractivity contribution is -0.120. The Bertz CT molecular complexity index is 1060. The minimum Gasteiger partial charge on any atom is -0.376 e. The van der Waals surface area contributed by atoms with Gasteiger partial charge in [-0.15, -0.1) is 5.10 Å². The third kappa shape index (κ3) is 4.35. The summed E-state index contributed by atoms with van der Waals surface area (Å²) in [6.45, 7) is 6.10. The van der Waals surface area contributed by atoms with Gasteiger partial charge in [0.1, 0.15) is 0 Å². The van der Waals surface area contributed by atoms with Crippen LogP contribution >= 0.6 is 0 Å². The minimum absolute atomic E-state index is 0.0241. The monoisotopic (exact) mass is 404 g/mol. The first kappa shape index (κ1) is 20.1. The summed E-state index contributed by atoms with van der Waals surface area (Å²) in [4.78, 5) is 12.5. The molecule has 0 saturated heterocycles. The Morgan fingerprint density at radius 1 is 1.10 bits per heavy atom. The van der Waals surface area contributed by atoms with Crippen LogP contribution in [0, 0.1) is 13.8 Å². The minimum atomic E-state index is -0.0408. The molecule has 0 bridgehead atoms. The number of nitrogens with zero attached hydrogens (tertiary/aromatic N) is 4. The van der Waals surface area contributed by atoms with Crippen molar-refractivity contribution in [3.8, 4) is 5.69 Å². The first-order valence-electron chi connectivity index (χ1n) is 10.5. The lowest BCUT2D eigenvalue weighted by atomic mass is 9.89. The Hall–Kier alpha value is -3.22. The van der Waals surface area contributed by atoms with E-state index in [1.807, 2.05) is 39.0 Å². The summed E-state index contributed by atoms with van der Waals surface area (Å²) in [5.41, 5.74) is 6.85. The van der Waals surface area contributed by atoms with Crippen LogP contribution in [-0.2, 0) is 17.6 Å².